The van der Waals surface area contributed by atoms with Crippen molar-refractivity contribution >= 4 is 41.3 Å². The van der Waals surface area contributed by atoms with Crippen molar-refractivity contribution in [3.8, 4) is 0 Å². The van der Waals surface area contributed by atoms with Gasteiger partial charge < -0.3 is 15.4 Å². The van der Waals surface area contributed by atoms with Crippen molar-refractivity contribution < 1.29 is 4.74 Å². The zero-order valence-electron chi connectivity index (χ0n) is 16.2. The van der Waals surface area contributed by atoms with Crippen LogP contribution in [0.3, 0.4) is 0 Å². The molecular weight excluding hydrogens is 459 g/mol. The molecule has 1 aromatic rings. The van der Waals surface area contributed by atoms with E-state index in [0.717, 1.165) is 37.0 Å². The van der Waals surface area contributed by atoms with Gasteiger partial charge in [-0.15, -0.1) is 35.3 Å². The molecule has 26 heavy (non-hydrogen) atoms. The Morgan fingerprint density at radius 2 is 2.12 bits per heavy atom. The van der Waals surface area contributed by atoms with E-state index < -0.39 is 0 Å². The molecular formula is C19H33IN4OS. The number of ether oxygens (including phenoxy) is 1. The SMILES string of the molecule is CCNC(=NCc1ncc(CC)s1)NC1CC(OCC)C12CCCC2.I. The molecule has 2 N–H and O–H groups in total. The Morgan fingerprint density at radius 3 is 2.73 bits per heavy atom. The molecule has 2 fully saturated rings. The molecule has 5 nitrogen and oxygen atoms in total. The van der Waals surface area contributed by atoms with Crippen LogP contribution in [0.1, 0.15) is 62.8 Å². The van der Waals surface area contributed by atoms with E-state index in [1.54, 1.807) is 11.3 Å². The predicted molar refractivity (Wildman–Crippen MR) is 120 cm³/mol. The molecule has 2 atom stereocenters. The highest BCUT2D eigenvalue weighted by Crippen LogP contribution is 2.54. The van der Waals surface area contributed by atoms with Crippen LogP contribution in [0, 0.1) is 5.41 Å². The largest absolute Gasteiger partial charge is 0.378 e. The number of aryl methyl sites for hydroxylation is 1. The van der Waals surface area contributed by atoms with Crippen LogP contribution in [0.5, 0.6) is 0 Å². The van der Waals surface area contributed by atoms with Gasteiger partial charge in [0.15, 0.2) is 5.96 Å². The van der Waals surface area contributed by atoms with Crippen molar-refractivity contribution in [1.29, 1.82) is 0 Å². The second-order valence-corrected chi connectivity index (χ2v) is 8.29. The Labute approximate surface area is 178 Å². The number of hydrogen-bond acceptors (Lipinski definition) is 4. The summed E-state index contributed by atoms with van der Waals surface area (Å²) in [6.45, 7) is 8.72. The van der Waals surface area contributed by atoms with Crippen molar-refractivity contribution in [3.05, 3.63) is 16.1 Å². The summed E-state index contributed by atoms with van der Waals surface area (Å²) in [5, 5.41) is 8.19. The van der Waals surface area contributed by atoms with Gasteiger partial charge in [-0.05, 0) is 39.5 Å². The van der Waals surface area contributed by atoms with Gasteiger partial charge in [0.25, 0.3) is 0 Å². The maximum atomic E-state index is 6.02. The molecule has 1 heterocycles. The van der Waals surface area contributed by atoms with Crippen LogP contribution in [0.25, 0.3) is 0 Å². The van der Waals surface area contributed by atoms with Gasteiger partial charge in [-0.1, -0.05) is 19.8 Å². The summed E-state index contributed by atoms with van der Waals surface area (Å²) in [5.74, 6) is 0.918. The van der Waals surface area contributed by atoms with Gasteiger partial charge in [0.05, 0.1) is 12.6 Å². The van der Waals surface area contributed by atoms with E-state index in [-0.39, 0.29) is 24.0 Å². The highest BCUT2D eigenvalue weighted by molar-refractivity contribution is 14.0. The van der Waals surface area contributed by atoms with Gasteiger partial charge in [0.2, 0.25) is 0 Å². The molecule has 0 saturated heterocycles. The van der Waals surface area contributed by atoms with Gasteiger partial charge in [0.1, 0.15) is 5.01 Å². The zero-order valence-corrected chi connectivity index (χ0v) is 19.4. The standard InChI is InChI=1S/C19H32N4OS.HI/c1-4-14-12-21-17(25-14)13-22-18(20-5-2)23-15-11-16(24-6-3)19(15)9-7-8-10-19;/h12,15-16H,4-11,13H2,1-3H3,(H2,20,22,23);1H. The fourth-order valence-electron chi connectivity index (χ4n) is 4.31. The summed E-state index contributed by atoms with van der Waals surface area (Å²) < 4.78 is 6.02. The summed E-state index contributed by atoms with van der Waals surface area (Å²) in [4.78, 5) is 10.6. The second kappa shape index (κ2) is 10.2. The molecule has 1 spiro atoms. The van der Waals surface area contributed by atoms with E-state index in [1.807, 2.05) is 6.20 Å². The van der Waals surface area contributed by atoms with Crippen LogP contribution in [0.4, 0.5) is 0 Å². The smallest absolute Gasteiger partial charge is 0.191 e. The van der Waals surface area contributed by atoms with Gasteiger partial charge in [-0.3, -0.25) is 0 Å². The first-order chi connectivity index (χ1) is 12.2. The van der Waals surface area contributed by atoms with E-state index >= 15 is 0 Å². The number of nitrogens with one attached hydrogen (secondary N) is 2. The lowest BCUT2D eigenvalue weighted by atomic mass is 9.60. The summed E-state index contributed by atoms with van der Waals surface area (Å²) in [5.41, 5.74) is 0.322. The highest BCUT2D eigenvalue weighted by Gasteiger charge is 2.56. The number of nitrogens with zero attached hydrogens (tertiary/aromatic N) is 2. The molecule has 0 aliphatic heterocycles. The van der Waals surface area contributed by atoms with Crippen LogP contribution >= 0.6 is 35.3 Å². The Hall–Kier alpha value is -0.410. The van der Waals surface area contributed by atoms with Gasteiger partial charge in [-0.25, -0.2) is 9.98 Å². The van der Waals surface area contributed by atoms with Crippen LogP contribution in [-0.2, 0) is 17.7 Å². The predicted octanol–water partition coefficient (Wildman–Crippen LogP) is 4.12. The zero-order chi connectivity index (χ0) is 17.7. The van der Waals surface area contributed by atoms with Crippen LogP contribution in [-0.4, -0.2) is 36.2 Å². The molecule has 7 heteroatoms. The van der Waals surface area contributed by atoms with Gasteiger partial charge in [-0.2, -0.15) is 0 Å². The fraction of sp³-hybridized carbons (Fsp3) is 0.789. The molecule has 2 saturated carbocycles. The molecule has 0 amide bonds. The minimum Gasteiger partial charge on any atom is -0.378 e. The normalized spacial score (nSPS) is 24.2. The van der Waals surface area contributed by atoms with E-state index in [2.05, 4.69) is 36.4 Å². The van der Waals surface area contributed by atoms with Crippen molar-refractivity contribution in [3.63, 3.8) is 0 Å². The topological polar surface area (TPSA) is 58.5 Å². The second-order valence-electron chi connectivity index (χ2n) is 7.09. The number of halogens is 1. The molecule has 2 unspecified atom stereocenters. The van der Waals surface area contributed by atoms with Crippen molar-refractivity contribution in [2.24, 2.45) is 10.4 Å². The Bertz CT molecular complexity index is 586. The number of hydrogen-bond donors (Lipinski definition) is 2. The average Bonchev–Trinajstić information content (AvgIpc) is 3.29. The number of thiazole rings is 1. The van der Waals surface area contributed by atoms with E-state index in [9.17, 15) is 0 Å². The number of rotatable bonds is 7. The monoisotopic (exact) mass is 492 g/mol. The summed E-state index contributed by atoms with van der Waals surface area (Å²) in [6, 6.07) is 0.479. The maximum Gasteiger partial charge on any atom is 0.191 e. The lowest BCUT2D eigenvalue weighted by molar-refractivity contribution is -0.125. The summed E-state index contributed by atoms with van der Waals surface area (Å²) in [6.07, 6.45) is 9.75. The first-order valence-corrected chi connectivity index (χ1v) is 10.6. The molecule has 2 aliphatic carbocycles. The number of aromatic nitrogens is 1. The average molecular weight is 492 g/mol. The fourth-order valence-corrected chi connectivity index (χ4v) is 5.09. The molecule has 0 aromatic carbocycles. The summed E-state index contributed by atoms with van der Waals surface area (Å²) in [7, 11) is 0. The number of aliphatic imine (C=N–C) groups is 1. The molecule has 148 valence electrons. The molecule has 1 aromatic heterocycles. The Kier molecular flexibility index (Phi) is 8.60. The third kappa shape index (κ3) is 4.70. The Balaban J connectivity index is 0.00000243. The van der Waals surface area contributed by atoms with Crippen LogP contribution in [0.2, 0.25) is 0 Å². The lowest BCUT2D eigenvalue weighted by Gasteiger charge is -2.54. The molecule has 0 radical (unpaired) electrons. The van der Waals surface area contributed by atoms with Gasteiger partial charge in [0, 0.05) is 35.7 Å². The quantitative estimate of drug-likeness (QED) is 0.342. The van der Waals surface area contributed by atoms with Gasteiger partial charge >= 0.3 is 0 Å². The van der Waals surface area contributed by atoms with Crippen molar-refractivity contribution in [2.45, 2.75) is 78.0 Å². The molecule has 2 aliphatic rings. The lowest BCUT2D eigenvalue weighted by Crippen LogP contribution is -2.65. The van der Waals surface area contributed by atoms with Crippen LogP contribution < -0.4 is 10.6 Å². The summed E-state index contributed by atoms with van der Waals surface area (Å²) >= 11 is 1.76. The van der Waals surface area contributed by atoms with Crippen molar-refractivity contribution in [2.75, 3.05) is 13.2 Å². The molecule has 0 bridgehead atoms. The third-order valence-corrected chi connectivity index (χ3v) is 6.79. The Morgan fingerprint density at radius 1 is 1.35 bits per heavy atom. The minimum atomic E-state index is 0. The van der Waals surface area contributed by atoms with Crippen LogP contribution in [0.15, 0.2) is 11.2 Å². The molecule has 3 rings (SSSR count). The maximum absolute atomic E-state index is 6.02. The van der Waals surface area contributed by atoms with E-state index in [4.69, 9.17) is 9.73 Å². The highest BCUT2D eigenvalue weighted by atomic mass is 127. The first-order valence-electron chi connectivity index (χ1n) is 9.81. The first kappa shape index (κ1) is 21.9. The minimum absolute atomic E-state index is 0. The van der Waals surface area contributed by atoms with Crippen molar-refractivity contribution in [1.82, 2.24) is 15.6 Å². The van der Waals surface area contributed by atoms with E-state index in [1.165, 1.54) is 30.6 Å². The third-order valence-electron chi connectivity index (χ3n) is 5.66. The van der Waals surface area contributed by atoms with E-state index in [0.29, 0.717) is 24.1 Å². The number of guanidine groups is 1.